The van der Waals surface area contributed by atoms with Gasteiger partial charge in [-0.25, -0.2) is 13.1 Å². The van der Waals surface area contributed by atoms with Gasteiger partial charge in [-0.3, -0.25) is 4.79 Å². The summed E-state index contributed by atoms with van der Waals surface area (Å²) >= 11 is 5.92. The van der Waals surface area contributed by atoms with Gasteiger partial charge in [0, 0.05) is 29.6 Å². The van der Waals surface area contributed by atoms with Crippen LogP contribution in [0.15, 0.2) is 34.9 Å². The van der Waals surface area contributed by atoms with Crippen molar-refractivity contribution in [1.82, 2.24) is 15.2 Å². The molecule has 0 fully saturated rings. The molecule has 124 valence electrons. The van der Waals surface area contributed by atoms with Crippen molar-refractivity contribution in [3.05, 3.63) is 41.1 Å². The van der Waals surface area contributed by atoms with Gasteiger partial charge in [-0.15, -0.1) is 0 Å². The highest BCUT2D eigenvalue weighted by atomic mass is 35.5. The molecule has 0 spiro atoms. The Morgan fingerprint density at radius 3 is 2.83 bits per heavy atom. The van der Waals surface area contributed by atoms with Crippen LogP contribution < -0.4 is 10.0 Å². The molecule has 9 heteroatoms. The number of hydrogen-bond acceptors (Lipinski definition) is 5. The summed E-state index contributed by atoms with van der Waals surface area (Å²) in [5.41, 5.74) is 1.44. The lowest BCUT2D eigenvalue weighted by molar-refractivity contribution is -0.121. The molecule has 0 aliphatic carbocycles. The molecule has 0 aliphatic heterocycles. The number of aromatic nitrogens is 1. The number of benzene rings is 1. The number of carbonyl (C=O) groups is 1. The molecule has 23 heavy (non-hydrogen) atoms. The summed E-state index contributed by atoms with van der Waals surface area (Å²) in [6.45, 7) is 0.222. The fourth-order valence-corrected chi connectivity index (χ4v) is 2.47. The van der Waals surface area contributed by atoms with Crippen molar-refractivity contribution in [3.63, 3.8) is 0 Å². The van der Waals surface area contributed by atoms with Gasteiger partial charge >= 0.3 is 0 Å². The lowest BCUT2D eigenvalue weighted by Gasteiger charge is -2.03. The van der Waals surface area contributed by atoms with Crippen molar-refractivity contribution in [3.8, 4) is 11.3 Å². The zero-order valence-corrected chi connectivity index (χ0v) is 13.9. The molecule has 0 bridgehead atoms. The Bertz CT molecular complexity index is 789. The lowest BCUT2D eigenvalue weighted by Crippen LogP contribution is -2.29. The highest BCUT2D eigenvalue weighted by molar-refractivity contribution is 7.88. The Kier molecular flexibility index (Phi) is 5.75. The molecule has 2 N–H and O–H groups in total. The van der Waals surface area contributed by atoms with E-state index >= 15 is 0 Å². The highest BCUT2D eigenvalue weighted by Gasteiger charge is 2.09. The van der Waals surface area contributed by atoms with E-state index in [4.69, 9.17) is 16.1 Å². The SMILES string of the molecule is CS(=O)(=O)NCCC(=O)NCc1cc(-c2cccc(Cl)c2)no1. The van der Waals surface area contributed by atoms with Crippen molar-refractivity contribution < 1.29 is 17.7 Å². The molecule has 0 saturated heterocycles. The van der Waals surface area contributed by atoms with Gasteiger partial charge in [0.2, 0.25) is 15.9 Å². The van der Waals surface area contributed by atoms with E-state index in [2.05, 4.69) is 15.2 Å². The molecular weight excluding hydrogens is 342 g/mol. The Balaban J connectivity index is 1.84. The van der Waals surface area contributed by atoms with Crippen LogP contribution in [-0.2, 0) is 21.4 Å². The maximum absolute atomic E-state index is 11.6. The molecule has 1 aromatic heterocycles. The number of nitrogens with one attached hydrogen (secondary N) is 2. The molecule has 0 atom stereocenters. The second-order valence-electron chi connectivity index (χ2n) is 4.88. The first kappa shape index (κ1) is 17.5. The van der Waals surface area contributed by atoms with Crippen LogP contribution in [-0.4, -0.2) is 32.3 Å². The van der Waals surface area contributed by atoms with Crippen LogP contribution in [0.2, 0.25) is 5.02 Å². The number of sulfonamides is 1. The monoisotopic (exact) mass is 357 g/mol. The van der Waals surface area contributed by atoms with Gasteiger partial charge in [0.15, 0.2) is 5.76 Å². The number of rotatable bonds is 7. The van der Waals surface area contributed by atoms with E-state index in [-0.39, 0.29) is 25.4 Å². The van der Waals surface area contributed by atoms with Gasteiger partial charge in [-0.05, 0) is 12.1 Å². The van der Waals surface area contributed by atoms with Gasteiger partial charge < -0.3 is 9.84 Å². The minimum absolute atomic E-state index is 0.0440. The first-order valence-electron chi connectivity index (χ1n) is 6.76. The number of halogens is 1. The van der Waals surface area contributed by atoms with Crippen molar-refractivity contribution in [1.29, 1.82) is 0 Å². The Hall–Kier alpha value is -1.90. The Labute approximate surface area is 139 Å². The molecular formula is C14H16ClN3O4S. The van der Waals surface area contributed by atoms with Crippen LogP contribution in [0.5, 0.6) is 0 Å². The van der Waals surface area contributed by atoms with Crippen LogP contribution in [0.4, 0.5) is 0 Å². The predicted molar refractivity (Wildman–Crippen MR) is 86.3 cm³/mol. The van der Waals surface area contributed by atoms with Crippen LogP contribution in [0.25, 0.3) is 11.3 Å². The van der Waals surface area contributed by atoms with Gasteiger partial charge in [0.25, 0.3) is 0 Å². The van der Waals surface area contributed by atoms with E-state index in [9.17, 15) is 13.2 Å². The molecule has 2 aromatic rings. The van der Waals surface area contributed by atoms with Gasteiger partial charge in [0.1, 0.15) is 5.69 Å². The predicted octanol–water partition coefficient (Wildman–Crippen LogP) is 1.55. The third kappa shape index (κ3) is 6.01. The summed E-state index contributed by atoms with van der Waals surface area (Å²) in [6, 6.07) is 8.89. The fraction of sp³-hybridized carbons (Fsp3) is 0.286. The molecule has 0 unspecified atom stereocenters. The first-order chi connectivity index (χ1) is 10.8. The maximum atomic E-state index is 11.6. The van der Waals surface area contributed by atoms with E-state index < -0.39 is 10.0 Å². The van der Waals surface area contributed by atoms with Crippen LogP contribution >= 0.6 is 11.6 Å². The zero-order valence-electron chi connectivity index (χ0n) is 12.4. The highest BCUT2D eigenvalue weighted by Crippen LogP contribution is 2.22. The Morgan fingerprint density at radius 2 is 2.13 bits per heavy atom. The summed E-state index contributed by atoms with van der Waals surface area (Å²) < 4.78 is 29.1. The summed E-state index contributed by atoms with van der Waals surface area (Å²) in [5.74, 6) is 0.200. The average molecular weight is 358 g/mol. The normalized spacial score (nSPS) is 11.4. The van der Waals surface area contributed by atoms with Crippen LogP contribution in [0, 0.1) is 0 Å². The molecule has 7 nitrogen and oxygen atoms in total. The van der Waals surface area contributed by atoms with E-state index in [0.717, 1.165) is 11.8 Å². The first-order valence-corrected chi connectivity index (χ1v) is 9.03. The summed E-state index contributed by atoms with van der Waals surface area (Å²) in [6.07, 6.45) is 1.08. The third-order valence-electron chi connectivity index (χ3n) is 2.86. The summed E-state index contributed by atoms with van der Waals surface area (Å²) in [4.78, 5) is 11.6. The number of nitrogens with zero attached hydrogens (tertiary/aromatic N) is 1. The van der Waals surface area contributed by atoms with E-state index in [0.29, 0.717) is 16.5 Å². The minimum atomic E-state index is -3.29. The van der Waals surface area contributed by atoms with Crippen LogP contribution in [0.3, 0.4) is 0 Å². The lowest BCUT2D eigenvalue weighted by atomic mass is 10.1. The second kappa shape index (κ2) is 7.58. The smallest absolute Gasteiger partial charge is 0.221 e. The van der Waals surface area contributed by atoms with Gasteiger partial charge in [-0.1, -0.05) is 28.9 Å². The molecule has 0 saturated carbocycles. The number of carbonyl (C=O) groups excluding carboxylic acids is 1. The molecule has 1 aromatic carbocycles. The standard InChI is InChI=1S/C14H16ClN3O4S/c1-23(20,21)17-6-5-14(19)16-9-12-8-13(18-22-12)10-3-2-4-11(15)7-10/h2-4,7-8,17H,5-6,9H2,1H3,(H,16,19). The number of amides is 1. The largest absolute Gasteiger partial charge is 0.359 e. The van der Waals surface area contributed by atoms with Crippen molar-refractivity contribution in [2.45, 2.75) is 13.0 Å². The molecule has 2 rings (SSSR count). The van der Waals surface area contributed by atoms with Gasteiger partial charge in [-0.2, -0.15) is 0 Å². The minimum Gasteiger partial charge on any atom is -0.359 e. The van der Waals surface area contributed by atoms with E-state index in [1.165, 1.54) is 0 Å². The molecule has 1 amide bonds. The summed E-state index contributed by atoms with van der Waals surface area (Å²) in [7, 11) is -3.29. The quantitative estimate of drug-likeness (QED) is 0.782. The van der Waals surface area contributed by atoms with Crippen LogP contribution in [0.1, 0.15) is 12.2 Å². The maximum Gasteiger partial charge on any atom is 0.221 e. The summed E-state index contributed by atoms with van der Waals surface area (Å²) in [5, 5.41) is 7.15. The molecule has 1 heterocycles. The topological polar surface area (TPSA) is 101 Å². The molecule has 0 radical (unpaired) electrons. The second-order valence-corrected chi connectivity index (χ2v) is 7.15. The Morgan fingerprint density at radius 1 is 1.35 bits per heavy atom. The van der Waals surface area contributed by atoms with Gasteiger partial charge in [0.05, 0.1) is 12.8 Å². The number of hydrogen-bond donors (Lipinski definition) is 2. The van der Waals surface area contributed by atoms with Crippen molar-refractivity contribution in [2.75, 3.05) is 12.8 Å². The zero-order chi connectivity index (χ0) is 16.9. The third-order valence-corrected chi connectivity index (χ3v) is 3.82. The molecule has 0 aliphatic rings. The van der Waals surface area contributed by atoms with Crippen molar-refractivity contribution >= 4 is 27.5 Å². The average Bonchev–Trinajstić information content (AvgIpc) is 2.93. The van der Waals surface area contributed by atoms with Crippen molar-refractivity contribution in [2.24, 2.45) is 0 Å². The van der Waals surface area contributed by atoms with E-state index in [1.807, 2.05) is 12.1 Å². The van der Waals surface area contributed by atoms with E-state index in [1.54, 1.807) is 18.2 Å². The fourth-order valence-electron chi connectivity index (χ4n) is 1.80.